The van der Waals surface area contributed by atoms with Crippen molar-refractivity contribution in [1.29, 1.82) is 0 Å². The molecule has 1 fully saturated rings. The van der Waals surface area contributed by atoms with Crippen LogP contribution in [-0.2, 0) is 10.3 Å². The lowest BCUT2D eigenvalue weighted by atomic mass is 10.0. The van der Waals surface area contributed by atoms with Crippen molar-refractivity contribution < 1.29 is 19.2 Å². The summed E-state index contributed by atoms with van der Waals surface area (Å²) in [7, 11) is 0. The molecule has 0 bridgehead atoms. The number of aliphatic hydroxyl groups is 1. The summed E-state index contributed by atoms with van der Waals surface area (Å²) in [5, 5.41) is 16.5. The molecule has 0 aromatic carbocycles. The van der Waals surface area contributed by atoms with Gasteiger partial charge in [0.15, 0.2) is 5.60 Å². The van der Waals surface area contributed by atoms with Gasteiger partial charge in [-0.05, 0) is 25.0 Å². The van der Waals surface area contributed by atoms with Gasteiger partial charge in [-0.2, -0.15) is 4.98 Å². The number of ether oxygens (including phenoxy) is 1. The maximum Gasteiger partial charge on any atom is 0.379 e. The van der Waals surface area contributed by atoms with Crippen LogP contribution in [0.15, 0.2) is 4.52 Å². The first-order valence-electron chi connectivity index (χ1n) is 5.10. The van der Waals surface area contributed by atoms with Crippen LogP contribution in [-0.4, -0.2) is 40.9 Å². The third-order valence-electron chi connectivity index (χ3n) is 2.41. The Morgan fingerprint density at radius 3 is 3.19 bits per heavy atom. The zero-order chi connectivity index (χ0) is 11.6. The SMILES string of the molecule is CCOC(=O)c1noc(C2(O)CCNC2)n1. The van der Waals surface area contributed by atoms with Crippen LogP contribution in [0.2, 0.25) is 0 Å². The molecule has 1 saturated heterocycles. The highest BCUT2D eigenvalue weighted by atomic mass is 16.5. The van der Waals surface area contributed by atoms with Crippen molar-refractivity contribution in [2.24, 2.45) is 0 Å². The predicted molar refractivity (Wildman–Crippen MR) is 51.6 cm³/mol. The van der Waals surface area contributed by atoms with E-state index in [-0.39, 0.29) is 18.3 Å². The lowest BCUT2D eigenvalue weighted by Crippen LogP contribution is -2.28. The van der Waals surface area contributed by atoms with Crippen molar-refractivity contribution in [3.63, 3.8) is 0 Å². The van der Waals surface area contributed by atoms with Crippen LogP contribution >= 0.6 is 0 Å². The van der Waals surface area contributed by atoms with Crippen molar-refractivity contribution >= 4 is 5.97 Å². The van der Waals surface area contributed by atoms with Gasteiger partial charge in [0.2, 0.25) is 0 Å². The summed E-state index contributed by atoms with van der Waals surface area (Å²) in [6.45, 7) is 2.95. The van der Waals surface area contributed by atoms with E-state index in [9.17, 15) is 9.90 Å². The van der Waals surface area contributed by atoms with Gasteiger partial charge in [0, 0.05) is 6.54 Å². The summed E-state index contributed by atoms with van der Waals surface area (Å²) < 4.78 is 9.58. The van der Waals surface area contributed by atoms with Crippen molar-refractivity contribution in [2.45, 2.75) is 18.9 Å². The number of esters is 1. The van der Waals surface area contributed by atoms with Crippen molar-refractivity contribution in [2.75, 3.05) is 19.7 Å². The summed E-state index contributed by atoms with van der Waals surface area (Å²) in [5.74, 6) is -0.746. The molecule has 1 aromatic rings. The van der Waals surface area contributed by atoms with Crippen LogP contribution in [0.3, 0.4) is 0 Å². The lowest BCUT2D eigenvalue weighted by Gasteiger charge is -2.14. The van der Waals surface area contributed by atoms with Crippen LogP contribution in [0.25, 0.3) is 0 Å². The van der Waals surface area contributed by atoms with E-state index < -0.39 is 11.6 Å². The van der Waals surface area contributed by atoms with E-state index in [4.69, 9.17) is 9.26 Å². The smallest absolute Gasteiger partial charge is 0.379 e. The minimum absolute atomic E-state index is 0.0561. The standard InChI is InChI=1S/C9H13N3O4/c1-2-15-7(13)6-11-8(16-12-6)9(14)3-4-10-5-9/h10,14H,2-5H2,1H3. The average Bonchev–Trinajstić information content (AvgIpc) is 2.86. The van der Waals surface area contributed by atoms with E-state index in [1.807, 2.05) is 0 Å². The molecule has 0 aliphatic carbocycles. The van der Waals surface area contributed by atoms with Crippen molar-refractivity contribution in [1.82, 2.24) is 15.5 Å². The summed E-state index contributed by atoms with van der Waals surface area (Å²) in [6, 6.07) is 0. The van der Waals surface area contributed by atoms with E-state index in [1.54, 1.807) is 6.92 Å². The summed E-state index contributed by atoms with van der Waals surface area (Å²) >= 11 is 0. The van der Waals surface area contributed by atoms with E-state index in [0.29, 0.717) is 19.5 Å². The molecule has 88 valence electrons. The molecule has 2 rings (SSSR count). The molecule has 0 amide bonds. The third kappa shape index (κ3) is 1.91. The normalized spacial score (nSPS) is 24.6. The fourth-order valence-corrected chi connectivity index (χ4v) is 1.55. The maximum atomic E-state index is 11.3. The zero-order valence-corrected chi connectivity index (χ0v) is 8.89. The summed E-state index contributed by atoms with van der Waals surface area (Å²) in [5.41, 5.74) is -1.17. The van der Waals surface area contributed by atoms with E-state index >= 15 is 0 Å². The largest absolute Gasteiger partial charge is 0.460 e. The predicted octanol–water partition coefficient (Wildman–Crippen LogP) is -0.573. The molecule has 2 N–H and O–H groups in total. The van der Waals surface area contributed by atoms with Gasteiger partial charge in [-0.25, -0.2) is 4.79 Å². The molecule has 1 unspecified atom stereocenters. The number of carbonyl (C=O) groups is 1. The number of carbonyl (C=O) groups excluding carboxylic acids is 1. The molecular formula is C9H13N3O4. The average molecular weight is 227 g/mol. The Morgan fingerprint density at radius 2 is 2.56 bits per heavy atom. The van der Waals surface area contributed by atoms with Crippen LogP contribution < -0.4 is 5.32 Å². The number of hydrogen-bond acceptors (Lipinski definition) is 7. The molecular weight excluding hydrogens is 214 g/mol. The van der Waals surface area contributed by atoms with Crippen LogP contribution in [0.4, 0.5) is 0 Å². The second-order valence-electron chi connectivity index (χ2n) is 3.60. The lowest BCUT2D eigenvalue weighted by molar-refractivity contribution is 0.0242. The van der Waals surface area contributed by atoms with Crippen molar-refractivity contribution in [3.05, 3.63) is 11.7 Å². The molecule has 0 saturated carbocycles. The molecule has 2 heterocycles. The van der Waals surface area contributed by atoms with Gasteiger partial charge in [-0.15, -0.1) is 0 Å². The van der Waals surface area contributed by atoms with Crippen LogP contribution in [0.1, 0.15) is 29.9 Å². The van der Waals surface area contributed by atoms with E-state index in [1.165, 1.54) is 0 Å². The number of nitrogens with one attached hydrogen (secondary N) is 1. The summed E-state index contributed by atoms with van der Waals surface area (Å²) in [4.78, 5) is 15.1. The molecule has 16 heavy (non-hydrogen) atoms. The monoisotopic (exact) mass is 227 g/mol. The summed E-state index contributed by atoms with van der Waals surface area (Å²) in [6.07, 6.45) is 0.484. The zero-order valence-electron chi connectivity index (χ0n) is 8.89. The first-order valence-corrected chi connectivity index (χ1v) is 5.10. The second kappa shape index (κ2) is 4.18. The number of aromatic nitrogens is 2. The second-order valence-corrected chi connectivity index (χ2v) is 3.60. The highest BCUT2D eigenvalue weighted by molar-refractivity contribution is 5.84. The van der Waals surface area contributed by atoms with Gasteiger partial charge in [0.05, 0.1) is 6.61 Å². The molecule has 7 heteroatoms. The molecule has 1 aromatic heterocycles. The van der Waals surface area contributed by atoms with Crippen LogP contribution in [0.5, 0.6) is 0 Å². The maximum absolute atomic E-state index is 11.3. The number of β-amino-alcohol motifs (C(OH)–C–C–N with tert-alkyl or cyclic N) is 1. The minimum Gasteiger partial charge on any atom is -0.460 e. The van der Waals surface area contributed by atoms with Gasteiger partial charge < -0.3 is 19.7 Å². The highest BCUT2D eigenvalue weighted by Crippen LogP contribution is 2.25. The number of rotatable bonds is 3. The first kappa shape index (κ1) is 11.0. The van der Waals surface area contributed by atoms with Crippen LogP contribution in [0, 0.1) is 0 Å². The molecule has 1 atom stereocenters. The number of hydrogen-bond donors (Lipinski definition) is 2. The van der Waals surface area contributed by atoms with Gasteiger partial charge in [0.1, 0.15) is 0 Å². The van der Waals surface area contributed by atoms with Gasteiger partial charge in [0.25, 0.3) is 11.7 Å². The van der Waals surface area contributed by atoms with Crippen molar-refractivity contribution in [3.8, 4) is 0 Å². The Balaban J connectivity index is 2.16. The quantitative estimate of drug-likeness (QED) is 0.667. The van der Waals surface area contributed by atoms with Gasteiger partial charge in [-0.1, -0.05) is 0 Å². The molecule has 1 aliphatic rings. The topological polar surface area (TPSA) is 97.5 Å². The highest BCUT2D eigenvalue weighted by Gasteiger charge is 2.39. The Labute approximate surface area is 91.8 Å². The van der Waals surface area contributed by atoms with Gasteiger partial charge in [-0.3, -0.25) is 0 Å². The molecule has 1 aliphatic heterocycles. The van der Waals surface area contributed by atoms with E-state index in [0.717, 1.165) is 0 Å². The fraction of sp³-hybridized carbons (Fsp3) is 0.667. The minimum atomic E-state index is -1.17. The molecule has 0 spiro atoms. The first-order chi connectivity index (χ1) is 7.65. The Hall–Kier alpha value is -1.47. The third-order valence-corrected chi connectivity index (χ3v) is 2.41. The Kier molecular flexibility index (Phi) is 2.88. The molecule has 0 radical (unpaired) electrons. The van der Waals surface area contributed by atoms with E-state index in [2.05, 4.69) is 15.5 Å². The Morgan fingerprint density at radius 1 is 1.75 bits per heavy atom. The Bertz CT molecular complexity index is 384. The van der Waals surface area contributed by atoms with Gasteiger partial charge >= 0.3 is 5.97 Å². The molecule has 7 nitrogen and oxygen atoms in total. The number of nitrogens with zero attached hydrogens (tertiary/aromatic N) is 2. The fourth-order valence-electron chi connectivity index (χ4n) is 1.55.